The molecule has 3 rings (SSSR count). The fourth-order valence-electron chi connectivity index (χ4n) is 2.85. The van der Waals surface area contributed by atoms with Crippen molar-refractivity contribution in [1.29, 1.82) is 0 Å². The van der Waals surface area contributed by atoms with Crippen molar-refractivity contribution in [2.24, 2.45) is 0 Å². The van der Waals surface area contributed by atoms with Crippen molar-refractivity contribution in [2.75, 3.05) is 20.3 Å². The summed E-state index contributed by atoms with van der Waals surface area (Å²) in [5, 5.41) is 0.427. The summed E-state index contributed by atoms with van der Waals surface area (Å²) in [6.07, 6.45) is 1.87. The highest BCUT2D eigenvalue weighted by molar-refractivity contribution is 6.32. The maximum Gasteiger partial charge on any atom is 0.337 e. The maximum absolute atomic E-state index is 11.8. The standard InChI is InChI=1S/C17H19ClN2O3/c1-10-3-4-12(17(21)22-2)9-13(10)14-15(18)20-16(19-14)11-5-7-23-8-6-11/h3-4,9,11H,5-8H2,1-2H3,(H,19,20). The third kappa shape index (κ3) is 3.26. The number of imidazole rings is 1. The summed E-state index contributed by atoms with van der Waals surface area (Å²) in [4.78, 5) is 19.6. The summed E-state index contributed by atoms with van der Waals surface area (Å²) in [5.74, 6) is 0.849. The zero-order chi connectivity index (χ0) is 16.4. The normalized spacial score (nSPS) is 15.6. The molecule has 0 radical (unpaired) electrons. The van der Waals surface area contributed by atoms with E-state index in [1.54, 1.807) is 12.1 Å². The summed E-state index contributed by atoms with van der Waals surface area (Å²) >= 11 is 6.35. The highest BCUT2D eigenvalue weighted by Crippen LogP contribution is 2.33. The fraction of sp³-hybridized carbons (Fsp3) is 0.412. The minimum atomic E-state index is -0.369. The van der Waals surface area contributed by atoms with Gasteiger partial charge < -0.3 is 14.5 Å². The van der Waals surface area contributed by atoms with Crippen molar-refractivity contribution >= 4 is 17.6 Å². The van der Waals surface area contributed by atoms with Gasteiger partial charge in [-0.3, -0.25) is 0 Å². The molecule has 2 heterocycles. The minimum Gasteiger partial charge on any atom is -0.465 e. The van der Waals surface area contributed by atoms with Crippen LogP contribution in [0.5, 0.6) is 0 Å². The van der Waals surface area contributed by atoms with E-state index in [2.05, 4.69) is 9.97 Å². The molecule has 0 bridgehead atoms. The number of aromatic amines is 1. The van der Waals surface area contributed by atoms with Gasteiger partial charge in [-0.1, -0.05) is 17.7 Å². The van der Waals surface area contributed by atoms with E-state index in [9.17, 15) is 4.79 Å². The number of aromatic nitrogens is 2. The molecule has 1 aliphatic heterocycles. The number of esters is 1. The summed E-state index contributed by atoms with van der Waals surface area (Å²) in [5.41, 5.74) is 3.12. The molecule has 1 aromatic carbocycles. The predicted molar refractivity (Wildman–Crippen MR) is 87.9 cm³/mol. The molecule has 0 atom stereocenters. The SMILES string of the molecule is COC(=O)c1ccc(C)c(-c2[nH]c(C3CCOCC3)nc2Cl)c1. The lowest BCUT2D eigenvalue weighted by molar-refractivity contribution is 0.0601. The van der Waals surface area contributed by atoms with E-state index in [4.69, 9.17) is 21.1 Å². The van der Waals surface area contributed by atoms with Crippen LogP contribution in [0.15, 0.2) is 18.2 Å². The molecular formula is C17H19ClN2O3. The van der Waals surface area contributed by atoms with Crippen molar-refractivity contribution in [3.8, 4) is 11.3 Å². The van der Waals surface area contributed by atoms with E-state index < -0.39 is 0 Å². The van der Waals surface area contributed by atoms with Crippen molar-refractivity contribution in [3.05, 3.63) is 40.3 Å². The van der Waals surface area contributed by atoms with Crippen molar-refractivity contribution in [2.45, 2.75) is 25.7 Å². The van der Waals surface area contributed by atoms with Gasteiger partial charge in [0.15, 0.2) is 5.15 Å². The molecule has 122 valence electrons. The van der Waals surface area contributed by atoms with Gasteiger partial charge in [0.1, 0.15) is 5.82 Å². The van der Waals surface area contributed by atoms with Crippen LogP contribution in [-0.4, -0.2) is 36.3 Å². The number of aryl methyl sites for hydroxylation is 1. The van der Waals surface area contributed by atoms with Gasteiger partial charge >= 0.3 is 5.97 Å². The number of nitrogens with one attached hydrogen (secondary N) is 1. The number of rotatable bonds is 3. The largest absolute Gasteiger partial charge is 0.465 e. The lowest BCUT2D eigenvalue weighted by Crippen LogP contribution is -2.15. The van der Waals surface area contributed by atoms with Crippen LogP contribution in [0.25, 0.3) is 11.3 Å². The summed E-state index contributed by atoms with van der Waals surface area (Å²) in [7, 11) is 1.37. The number of nitrogens with zero attached hydrogens (tertiary/aromatic N) is 1. The van der Waals surface area contributed by atoms with Gasteiger partial charge in [0.2, 0.25) is 0 Å². The lowest BCUT2D eigenvalue weighted by atomic mass is 10.00. The molecule has 5 nitrogen and oxygen atoms in total. The van der Waals surface area contributed by atoms with Crippen LogP contribution in [-0.2, 0) is 9.47 Å². The van der Waals surface area contributed by atoms with Crippen LogP contribution in [0.4, 0.5) is 0 Å². The predicted octanol–water partition coefficient (Wildman–Crippen LogP) is 3.72. The van der Waals surface area contributed by atoms with Gasteiger partial charge in [-0.15, -0.1) is 0 Å². The number of carbonyl (C=O) groups is 1. The van der Waals surface area contributed by atoms with E-state index in [0.717, 1.165) is 48.7 Å². The van der Waals surface area contributed by atoms with E-state index in [0.29, 0.717) is 16.6 Å². The first-order chi connectivity index (χ1) is 11.1. The first-order valence-corrected chi connectivity index (χ1v) is 8.00. The van der Waals surface area contributed by atoms with Crippen molar-refractivity contribution in [1.82, 2.24) is 9.97 Å². The van der Waals surface area contributed by atoms with Crippen LogP contribution in [0.2, 0.25) is 5.15 Å². The van der Waals surface area contributed by atoms with Gasteiger partial charge in [-0.05, 0) is 37.5 Å². The average Bonchev–Trinajstić information content (AvgIpc) is 2.97. The van der Waals surface area contributed by atoms with Gasteiger partial charge in [0.25, 0.3) is 0 Å². The van der Waals surface area contributed by atoms with Crippen LogP contribution < -0.4 is 0 Å². The Morgan fingerprint density at radius 1 is 1.39 bits per heavy atom. The number of H-pyrrole nitrogens is 1. The molecule has 0 spiro atoms. The second-order valence-corrected chi connectivity index (χ2v) is 6.05. The molecule has 1 N–H and O–H groups in total. The van der Waals surface area contributed by atoms with Crippen LogP contribution in [0.3, 0.4) is 0 Å². The molecule has 23 heavy (non-hydrogen) atoms. The number of carbonyl (C=O) groups excluding carboxylic acids is 1. The third-order valence-electron chi connectivity index (χ3n) is 4.21. The third-order valence-corrected chi connectivity index (χ3v) is 4.49. The second kappa shape index (κ2) is 6.72. The Bertz CT molecular complexity index is 721. The molecule has 1 aromatic heterocycles. The number of hydrogen-bond acceptors (Lipinski definition) is 4. The number of ether oxygens (including phenoxy) is 2. The molecule has 0 unspecified atom stereocenters. The first kappa shape index (κ1) is 16.0. The first-order valence-electron chi connectivity index (χ1n) is 7.62. The van der Waals surface area contributed by atoms with E-state index >= 15 is 0 Å². The zero-order valence-corrected chi connectivity index (χ0v) is 13.9. The molecule has 1 saturated heterocycles. The van der Waals surface area contributed by atoms with E-state index in [-0.39, 0.29) is 5.97 Å². The Morgan fingerprint density at radius 3 is 2.83 bits per heavy atom. The molecule has 2 aromatic rings. The number of methoxy groups -OCH3 is 1. The Morgan fingerprint density at radius 2 is 2.13 bits per heavy atom. The van der Waals surface area contributed by atoms with Crippen LogP contribution in [0, 0.1) is 6.92 Å². The minimum absolute atomic E-state index is 0.332. The summed E-state index contributed by atoms with van der Waals surface area (Å²) in [6, 6.07) is 5.41. The molecule has 1 fully saturated rings. The van der Waals surface area contributed by atoms with Crippen LogP contribution >= 0.6 is 11.6 Å². The van der Waals surface area contributed by atoms with Crippen LogP contribution in [0.1, 0.15) is 40.5 Å². The highest BCUT2D eigenvalue weighted by Gasteiger charge is 2.22. The number of hydrogen-bond donors (Lipinski definition) is 1. The molecule has 0 saturated carbocycles. The lowest BCUT2D eigenvalue weighted by Gasteiger charge is -2.19. The number of benzene rings is 1. The van der Waals surface area contributed by atoms with E-state index in [1.165, 1.54) is 7.11 Å². The van der Waals surface area contributed by atoms with Gasteiger partial charge in [-0.25, -0.2) is 9.78 Å². The summed E-state index contributed by atoms with van der Waals surface area (Å²) < 4.78 is 10.2. The highest BCUT2D eigenvalue weighted by atomic mass is 35.5. The van der Waals surface area contributed by atoms with Gasteiger partial charge in [-0.2, -0.15) is 0 Å². The average molecular weight is 335 g/mol. The molecule has 0 aliphatic carbocycles. The Hall–Kier alpha value is -1.85. The molecular weight excluding hydrogens is 316 g/mol. The Kier molecular flexibility index (Phi) is 4.68. The van der Waals surface area contributed by atoms with Crippen molar-refractivity contribution in [3.63, 3.8) is 0 Å². The second-order valence-electron chi connectivity index (χ2n) is 5.70. The maximum atomic E-state index is 11.8. The Balaban J connectivity index is 1.98. The zero-order valence-electron chi connectivity index (χ0n) is 13.2. The Labute approximate surface area is 140 Å². The quantitative estimate of drug-likeness (QED) is 0.869. The molecule has 6 heteroatoms. The fourth-order valence-corrected chi connectivity index (χ4v) is 3.09. The topological polar surface area (TPSA) is 64.2 Å². The molecule has 1 aliphatic rings. The smallest absolute Gasteiger partial charge is 0.337 e. The van der Waals surface area contributed by atoms with Gasteiger partial charge in [0.05, 0.1) is 18.4 Å². The monoisotopic (exact) mass is 334 g/mol. The van der Waals surface area contributed by atoms with Gasteiger partial charge in [0, 0.05) is 24.7 Å². The van der Waals surface area contributed by atoms with Crippen molar-refractivity contribution < 1.29 is 14.3 Å². The van der Waals surface area contributed by atoms with E-state index in [1.807, 2.05) is 13.0 Å². The molecule has 0 amide bonds. The number of halogens is 1. The summed E-state index contributed by atoms with van der Waals surface area (Å²) in [6.45, 7) is 3.46.